The quantitative estimate of drug-likeness (QED) is 0.749. The van der Waals surface area contributed by atoms with Gasteiger partial charge in [0.05, 0.1) is 0 Å². The number of thioether (sulfide) groups is 1. The molecule has 2 unspecified atom stereocenters. The van der Waals surface area contributed by atoms with Gasteiger partial charge in [0.1, 0.15) is 0 Å². The molecule has 3 N–H and O–H groups in total. The first-order valence-electron chi connectivity index (χ1n) is 5.18. The summed E-state index contributed by atoms with van der Waals surface area (Å²) in [5, 5.41) is 3.04. The second-order valence-corrected chi connectivity index (χ2v) is 4.96. The van der Waals surface area contributed by atoms with Crippen LogP contribution in [0.5, 0.6) is 0 Å². The number of hydrogen-bond acceptors (Lipinski definition) is 3. The summed E-state index contributed by atoms with van der Waals surface area (Å²) >= 11 is 1.70. The third-order valence-corrected chi connectivity index (χ3v) is 3.47. The van der Waals surface area contributed by atoms with E-state index in [4.69, 9.17) is 5.73 Å². The molecule has 1 aliphatic rings. The molecular formula is C10H21ClN2OS. The summed E-state index contributed by atoms with van der Waals surface area (Å²) in [6, 6.07) is 0.215. The minimum Gasteiger partial charge on any atom is -0.352 e. The molecule has 1 amide bonds. The van der Waals surface area contributed by atoms with Crippen molar-refractivity contribution < 1.29 is 4.79 Å². The highest BCUT2D eigenvalue weighted by Gasteiger charge is 2.31. The highest BCUT2D eigenvalue weighted by atomic mass is 35.5. The van der Waals surface area contributed by atoms with Crippen molar-refractivity contribution in [3.05, 3.63) is 0 Å². The van der Waals surface area contributed by atoms with Gasteiger partial charge in [-0.25, -0.2) is 0 Å². The van der Waals surface area contributed by atoms with Crippen LogP contribution >= 0.6 is 24.2 Å². The van der Waals surface area contributed by atoms with Crippen LogP contribution in [0.3, 0.4) is 0 Å². The van der Waals surface area contributed by atoms with E-state index in [-0.39, 0.29) is 30.3 Å². The van der Waals surface area contributed by atoms with Crippen molar-refractivity contribution in [3.8, 4) is 0 Å². The van der Waals surface area contributed by atoms with Crippen molar-refractivity contribution in [3.63, 3.8) is 0 Å². The fourth-order valence-corrected chi connectivity index (χ4v) is 2.17. The highest BCUT2D eigenvalue weighted by Crippen LogP contribution is 2.32. The largest absolute Gasteiger partial charge is 0.352 e. The van der Waals surface area contributed by atoms with Crippen LogP contribution in [0.15, 0.2) is 0 Å². The minimum absolute atomic E-state index is 0. The zero-order valence-corrected chi connectivity index (χ0v) is 11.0. The number of carbonyl (C=O) groups excluding carboxylic acids is 1. The maximum absolute atomic E-state index is 11.7. The number of nitrogens with two attached hydrogens (primary N) is 1. The SMILES string of the molecule is CSCC(C)C(=O)NC(CN)C1CC1.Cl. The fraction of sp³-hybridized carbons (Fsp3) is 0.900. The predicted molar refractivity (Wildman–Crippen MR) is 68.5 cm³/mol. The molecule has 0 spiro atoms. The van der Waals surface area contributed by atoms with E-state index in [0.717, 1.165) is 5.75 Å². The van der Waals surface area contributed by atoms with E-state index in [1.54, 1.807) is 11.8 Å². The summed E-state index contributed by atoms with van der Waals surface area (Å²) < 4.78 is 0. The summed E-state index contributed by atoms with van der Waals surface area (Å²) in [7, 11) is 0. The zero-order valence-electron chi connectivity index (χ0n) is 9.36. The Balaban J connectivity index is 0.00000196. The van der Waals surface area contributed by atoms with E-state index in [9.17, 15) is 4.79 Å². The molecule has 0 heterocycles. The van der Waals surface area contributed by atoms with Crippen LogP contribution in [0.1, 0.15) is 19.8 Å². The molecule has 0 saturated heterocycles. The average Bonchev–Trinajstić information content (AvgIpc) is 2.97. The molecule has 1 saturated carbocycles. The van der Waals surface area contributed by atoms with Crippen molar-refractivity contribution >= 4 is 30.1 Å². The van der Waals surface area contributed by atoms with Crippen molar-refractivity contribution in [2.45, 2.75) is 25.8 Å². The lowest BCUT2D eigenvalue weighted by Gasteiger charge is -2.18. The summed E-state index contributed by atoms with van der Waals surface area (Å²) in [5.74, 6) is 1.78. The monoisotopic (exact) mass is 252 g/mol. The molecule has 0 aliphatic heterocycles. The summed E-state index contributed by atoms with van der Waals surface area (Å²) in [6.07, 6.45) is 4.46. The van der Waals surface area contributed by atoms with E-state index in [1.807, 2.05) is 13.2 Å². The molecule has 0 aromatic rings. The van der Waals surface area contributed by atoms with Crippen LogP contribution in [0.25, 0.3) is 0 Å². The number of hydrogen-bond donors (Lipinski definition) is 2. The Morgan fingerprint density at radius 1 is 1.60 bits per heavy atom. The lowest BCUT2D eigenvalue weighted by molar-refractivity contribution is -0.124. The van der Waals surface area contributed by atoms with E-state index in [1.165, 1.54) is 12.8 Å². The Hall–Kier alpha value is 0.0700. The molecule has 0 radical (unpaired) electrons. The maximum atomic E-state index is 11.7. The lowest BCUT2D eigenvalue weighted by Crippen LogP contribution is -2.44. The molecule has 1 fully saturated rings. The highest BCUT2D eigenvalue weighted by molar-refractivity contribution is 7.98. The van der Waals surface area contributed by atoms with Crippen LogP contribution in [0, 0.1) is 11.8 Å². The Bertz CT molecular complexity index is 200. The molecule has 2 atom stereocenters. The van der Waals surface area contributed by atoms with Gasteiger partial charge in [-0.15, -0.1) is 12.4 Å². The second-order valence-electron chi connectivity index (χ2n) is 4.04. The van der Waals surface area contributed by atoms with Gasteiger partial charge in [-0.05, 0) is 25.0 Å². The van der Waals surface area contributed by atoms with Gasteiger partial charge in [-0.2, -0.15) is 11.8 Å². The van der Waals surface area contributed by atoms with E-state index < -0.39 is 0 Å². The van der Waals surface area contributed by atoms with Gasteiger partial charge < -0.3 is 11.1 Å². The Labute approximate surface area is 102 Å². The van der Waals surface area contributed by atoms with Crippen LogP contribution in [0.2, 0.25) is 0 Å². The van der Waals surface area contributed by atoms with Crippen LogP contribution in [0.4, 0.5) is 0 Å². The van der Waals surface area contributed by atoms with Crippen LogP contribution in [-0.2, 0) is 4.79 Å². The topological polar surface area (TPSA) is 55.1 Å². The molecule has 0 aromatic carbocycles. The van der Waals surface area contributed by atoms with E-state index >= 15 is 0 Å². The van der Waals surface area contributed by atoms with Crippen LogP contribution in [-0.4, -0.2) is 30.5 Å². The molecule has 5 heteroatoms. The maximum Gasteiger partial charge on any atom is 0.223 e. The standard InChI is InChI=1S/C10H20N2OS.ClH/c1-7(6-14-2)10(13)12-9(5-11)8-3-4-8;/h7-9H,3-6,11H2,1-2H3,(H,12,13);1H. The van der Waals surface area contributed by atoms with Gasteiger partial charge >= 0.3 is 0 Å². The summed E-state index contributed by atoms with van der Waals surface area (Å²) in [4.78, 5) is 11.7. The molecule has 0 aromatic heterocycles. The minimum atomic E-state index is 0. The zero-order chi connectivity index (χ0) is 10.6. The molecule has 3 nitrogen and oxygen atoms in total. The first kappa shape index (κ1) is 15.1. The normalized spacial score (nSPS) is 18.9. The molecular weight excluding hydrogens is 232 g/mol. The van der Waals surface area contributed by atoms with Gasteiger partial charge in [0, 0.05) is 24.3 Å². The molecule has 1 aliphatic carbocycles. The van der Waals surface area contributed by atoms with Gasteiger partial charge in [-0.1, -0.05) is 6.92 Å². The van der Waals surface area contributed by atoms with Gasteiger partial charge in [0.2, 0.25) is 5.91 Å². The second kappa shape index (κ2) is 7.36. The van der Waals surface area contributed by atoms with Crippen molar-refractivity contribution in [2.75, 3.05) is 18.6 Å². The number of amides is 1. The number of carbonyl (C=O) groups is 1. The van der Waals surface area contributed by atoms with E-state index in [0.29, 0.717) is 12.5 Å². The van der Waals surface area contributed by atoms with Crippen molar-refractivity contribution in [1.29, 1.82) is 0 Å². The van der Waals surface area contributed by atoms with Crippen LogP contribution < -0.4 is 11.1 Å². The molecule has 1 rings (SSSR count). The number of nitrogens with one attached hydrogen (secondary N) is 1. The van der Waals surface area contributed by atoms with Gasteiger partial charge in [0.15, 0.2) is 0 Å². The first-order chi connectivity index (χ1) is 6.69. The Morgan fingerprint density at radius 2 is 2.20 bits per heavy atom. The van der Waals surface area contributed by atoms with Gasteiger partial charge in [0.25, 0.3) is 0 Å². The first-order valence-corrected chi connectivity index (χ1v) is 6.57. The predicted octanol–water partition coefficient (Wildman–Crippen LogP) is 1.26. The summed E-state index contributed by atoms with van der Waals surface area (Å²) in [5.41, 5.74) is 5.62. The smallest absolute Gasteiger partial charge is 0.223 e. The molecule has 90 valence electrons. The molecule has 0 bridgehead atoms. The Kier molecular flexibility index (Phi) is 7.40. The lowest BCUT2D eigenvalue weighted by atomic mass is 10.1. The van der Waals surface area contributed by atoms with Crippen molar-refractivity contribution in [1.82, 2.24) is 5.32 Å². The number of rotatable bonds is 6. The fourth-order valence-electron chi connectivity index (χ4n) is 1.52. The average molecular weight is 253 g/mol. The third kappa shape index (κ3) is 5.09. The van der Waals surface area contributed by atoms with Gasteiger partial charge in [-0.3, -0.25) is 4.79 Å². The number of halogens is 1. The van der Waals surface area contributed by atoms with Crippen molar-refractivity contribution in [2.24, 2.45) is 17.6 Å². The Morgan fingerprint density at radius 3 is 2.60 bits per heavy atom. The third-order valence-electron chi connectivity index (χ3n) is 2.64. The molecule has 15 heavy (non-hydrogen) atoms. The summed E-state index contributed by atoms with van der Waals surface area (Å²) in [6.45, 7) is 2.54. The van der Waals surface area contributed by atoms with E-state index in [2.05, 4.69) is 5.32 Å².